The summed E-state index contributed by atoms with van der Waals surface area (Å²) in [6.45, 7) is 2.27. The second-order valence-corrected chi connectivity index (χ2v) is 4.52. The fraction of sp³-hybridized carbons (Fsp3) is 0.667. The fourth-order valence-electron chi connectivity index (χ4n) is 1.56. The van der Waals surface area contributed by atoms with Gasteiger partial charge in [0.05, 0.1) is 0 Å². The van der Waals surface area contributed by atoms with Gasteiger partial charge in [-0.1, -0.05) is 45.1 Å². The third-order valence-electron chi connectivity index (χ3n) is 2.40. The van der Waals surface area contributed by atoms with E-state index >= 15 is 0 Å². The third kappa shape index (κ3) is 5.16. The van der Waals surface area contributed by atoms with Gasteiger partial charge in [-0.05, 0) is 24.2 Å². The van der Waals surface area contributed by atoms with Crippen LogP contribution in [0.15, 0.2) is 11.9 Å². The number of rotatable bonds is 7. The summed E-state index contributed by atoms with van der Waals surface area (Å²) >= 11 is 0. The molecule has 0 N–H and O–H groups in total. The molecule has 0 saturated carbocycles. The molecule has 0 saturated heterocycles. The van der Waals surface area contributed by atoms with Gasteiger partial charge >= 0.3 is 0 Å². The molecule has 1 heterocycles. The van der Waals surface area contributed by atoms with Crippen LogP contribution < -0.4 is 0 Å². The monoisotopic (exact) mass is 195 g/mol. The first-order valence-corrected chi connectivity index (χ1v) is 6.55. The van der Waals surface area contributed by atoms with Crippen molar-refractivity contribution in [2.75, 3.05) is 0 Å². The Balaban J connectivity index is 1.90. The number of hydrogen-bond acceptors (Lipinski definition) is 0. The Morgan fingerprint density at radius 1 is 1.15 bits per heavy atom. The number of unbranched alkanes of at least 4 members (excludes halogenated alkanes) is 5. The van der Waals surface area contributed by atoms with Crippen LogP contribution in [0.25, 0.3) is 0 Å². The molecule has 0 aliphatic rings. The van der Waals surface area contributed by atoms with E-state index in [1.807, 2.05) is 0 Å². The van der Waals surface area contributed by atoms with Gasteiger partial charge in [0.25, 0.3) is 0 Å². The van der Waals surface area contributed by atoms with E-state index in [1.165, 1.54) is 50.5 Å². The van der Waals surface area contributed by atoms with Crippen molar-refractivity contribution in [3.8, 4) is 0 Å². The Morgan fingerprint density at radius 2 is 1.92 bits per heavy atom. The van der Waals surface area contributed by atoms with E-state index in [4.69, 9.17) is 0 Å². The van der Waals surface area contributed by atoms with Crippen molar-refractivity contribution in [1.82, 2.24) is 0 Å². The highest BCUT2D eigenvalue weighted by Crippen LogP contribution is 2.13. The zero-order valence-corrected chi connectivity index (χ0v) is 9.60. The predicted molar refractivity (Wildman–Crippen MR) is 61.9 cm³/mol. The van der Waals surface area contributed by atoms with E-state index in [1.54, 1.807) is 0 Å². The van der Waals surface area contributed by atoms with Gasteiger partial charge in [0.1, 0.15) is 0 Å². The van der Waals surface area contributed by atoms with Crippen LogP contribution in [0.3, 0.4) is 0 Å². The quantitative estimate of drug-likeness (QED) is 0.565. The van der Waals surface area contributed by atoms with Gasteiger partial charge in [0.15, 0.2) is 0 Å². The average Bonchev–Trinajstić information content (AvgIpc) is 2.63. The molecule has 0 amide bonds. The lowest BCUT2D eigenvalue weighted by molar-refractivity contribution is 0.608. The molecule has 1 radical (unpaired) electrons. The lowest BCUT2D eigenvalue weighted by Crippen LogP contribution is -1.83. The maximum atomic E-state index is 3.39. The van der Waals surface area contributed by atoms with Crippen LogP contribution in [0.1, 0.15) is 51.0 Å². The zero-order valence-electron chi connectivity index (χ0n) is 8.60. The van der Waals surface area contributed by atoms with Crippen LogP contribution >= 0.6 is 8.19 Å². The summed E-state index contributed by atoms with van der Waals surface area (Å²) in [7, 11) is 0.834. The lowest BCUT2D eigenvalue weighted by Gasteiger charge is -1.99. The molecule has 0 aromatic carbocycles. The largest absolute Gasteiger partial charge is 0.131 e. The number of aryl methyl sites for hydroxylation is 1. The topological polar surface area (TPSA) is 0 Å². The van der Waals surface area contributed by atoms with E-state index in [2.05, 4.69) is 24.6 Å². The maximum Gasteiger partial charge on any atom is 0.00535 e. The van der Waals surface area contributed by atoms with Crippen LogP contribution in [-0.4, -0.2) is 0 Å². The molecule has 0 aliphatic heterocycles. The summed E-state index contributed by atoms with van der Waals surface area (Å²) in [5.74, 6) is 5.62. The van der Waals surface area contributed by atoms with Gasteiger partial charge in [-0.3, -0.25) is 0 Å². The van der Waals surface area contributed by atoms with E-state index in [9.17, 15) is 0 Å². The molecule has 0 fully saturated rings. The van der Waals surface area contributed by atoms with E-state index < -0.39 is 0 Å². The third-order valence-corrected chi connectivity index (χ3v) is 3.20. The molecule has 0 nitrogen and oxygen atoms in total. The van der Waals surface area contributed by atoms with Crippen molar-refractivity contribution >= 4 is 8.19 Å². The van der Waals surface area contributed by atoms with Crippen LogP contribution in [0.4, 0.5) is 0 Å². The van der Waals surface area contributed by atoms with E-state index in [-0.39, 0.29) is 0 Å². The smallest absolute Gasteiger partial charge is 0.00535 e. The Kier molecular flexibility index (Phi) is 6.02. The van der Waals surface area contributed by atoms with Gasteiger partial charge in [-0.2, -0.15) is 0 Å². The molecule has 13 heavy (non-hydrogen) atoms. The Hall–Kier alpha value is -0.220. The molecule has 1 atom stereocenters. The molecule has 1 heteroatoms. The van der Waals surface area contributed by atoms with Gasteiger partial charge in [-0.15, -0.1) is 8.19 Å². The Bertz CT molecular complexity index is 189. The average molecular weight is 195 g/mol. The summed E-state index contributed by atoms with van der Waals surface area (Å²) < 4.78 is 0. The molecule has 0 spiro atoms. The van der Waals surface area contributed by atoms with Crippen LogP contribution in [0.5, 0.6) is 0 Å². The normalized spacial score (nSPS) is 11.2. The molecule has 1 unspecified atom stereocenters. The summed E-state index contributed by atoms with van der Waals surface area (Å²) in [5, 5.41) is 0. The van der Waals surface area contributed by atoms with Crippen molar-refractivity contribution in [1.29, 1.82) is 0 Å². The minimum Gasteiger partial charge on any atom is -0.131 e. The second-order valence-electron chi connectivity index (χ2n) is 3.65. The highest BCUT2D eigenvalue weighted by molar-refractivity contribution is 7.28. The highest BCUT2D eigenvalue weighted by atomic mass is 31.0. The van der Waals surface area contributed by atoms with E-state index in [0.29, 0.717) is 0 Å². The summed E-state index contributed by atoms with van der Waals surface area (Å²) in [5.41, 5.74) is 1.45. The molecule has 1 rings (SSSR count). The molecule has 0 bridgehead atoms. The van der Waals surface area contributed by atoms with Crippen molar-refractivity contribution in [3.63, 3.8) is 0 Å². The molecule has 0 aliphatic carbocycles. The lowest BCUT2D eigenvalue weighted by atomic mass is 10.1. The minimum absolute atomic E-state index is 0.834. The van der Waals surface area contributed by atoms with Crippen LogP contribution in [0, 0.1) is 5.80 Å². The first-order chi connectivity index (χ1) is 6.43. The summed E-state index contributed by atoms with van der Waals surface area (Å²) in [6, 6.07) is 2.24. The van der Waals surface area contributed by atoms with Gasteiger partial charge in [0.2, 0.25) is 0 Å². The van der Waals surface area contributed by atoms with Crippen molar-refractivity contribution < 1.29 is 0 Å². The van der Waals surface area contributed by atoms with Crippen LogP contribution in [-0.2, 0) is 6.42 Å². The van der Waals surface area contributed by atoms with Gasteiger partial charge in [-0.25, -0.2) is 0 Å². The first-order valence-electron chi connectivity index (χ1n) is 5.47. The van der Waals surface area contributed by atoms with Crippen molar-refractivity contribution in [3.05, 3.63) is 23.2 Å². The first kappa shape index (κ1) is 10.9. The minimum atomic E-state index is 0.834. The second kappa shape index (κ2) is 7.21. The van der Waals surface area contributed by atoms with Crippen molar-refractivity contribution in [2.45, 2.75) is 51.9 Å². The van der Waals surface area contributed by atoms with Gasteiger partial charge < -0.3 is 0 Å². The standard InChI is InChI=1S/C12H20P/c1-2-3-4-5-6-7-8-12-9-10-13-11-12/h9-10,13H,2-8H2,1H3. The summed E-state index contributed by atoms with van der Waals surface area (Å²) in [6.07, 6.45) is 9.64. The molecule has 1 aromatic rings. The maximum absolute atomic E-state index is 3.39. The Morgan fingerprint density at radius 3 is 2.62 bits per heavy atom. The highest BCUT2D eigenvalue weighted by Gasteiger charge is 1.93. The fourth-order valence-corrected chi connectivity index (χ4v) is 2.32. The van der Waals surface area contributed by atoms with Crippen molar-refractivity contribution in [2.24, 2.45) is 0 Å². The molecular formula is C12H20P. The zero-order chi connectivity index (χ0) is 9.36. The van der Waals surface area contributed by atoms with Gasteiger partial charge in [0, 0.05) is 5.80 Å². The molecular weight excluding hydrogens is 175 g/mol. The predicted octanol–water partition coefficient (Wildman–Crippen LogP) is 4.42. The molecule has 73 valence electrons. The molecule has 1 aromatic heterocycles. The number of hydrogen-bond donors (Lipinski definition) is 0. The SMILES string of the molecule is CCCCCCCCc1[c][pH]cc1. The summed E-state index contributed by atoms with van der Waals surface area (Å²) in [4.78, 5) is 0. The Labute approximate surface area is 83.8 Å². The van der Waals surface area contributed by atoms with E-state index in [0.717, 1.165) is 8.19 Å². The van der Waals surface area contributed by atoms with Crippen LogP contribution in [0.2, 0.25) is 0 Å².